The highest BCUT2D eigenvalue weighted by Gasteiger charge is 2.21. The third kappa shape index (κ3) is 3.75. The maximum absolute atomic E-state index is 8.92. The Bertz CT molecular complexity index is 921. The minimum atomic E-state index is 0.176. The lowest BCUT2D eigenvalue weighted by Crippen LogP contribution is -2.17. The fourth-order valence-electron chi connectivity index (χ4n) is 3.94. The number of aliphatic hydroxyl groups excluding tert-OH is 1. The van der Waals surface area contributed by atoms with Crippen LogP contribution in [0.4, 0.5) is 5.69 Å². The van der Waals surface area contributed by atoms with Crippen molar-refractivity contribution in [3.8, 4) is 11.1 Å². The SMILES string of the molecule is Cc1c(-c2ccccc2)cccc1N1Cc2ccc(CNCCO)cc2C1. The number of benzene rings is 3. The average molecular weight is 358 g/mol. The number of fused-ring (bicyclic) bond motifs is 1. The van der Waals surface area contributed by atoms with Crippen molar-refractivity contribution in [2.75, 3.05) is 18.1 Å². The maximum Gasteiger partial charge on any atom is 0.0556 e. The summed E-state index contributed by atoms with van der Waals surface area (Å²) in [6.45, 7) is 5.74. The molecule has 0 aliphatic carbocycles. The molecule has 4 rings (SSSR count). The van der Waals surface area contributed by atoms with E-state index in [2.05, 4.69) is 83.9 Å². The summed E-state index contributed by atoms with van der Waals surface area (Å²) < 4.78 is 0. The van der Waals surface area contributed by atoms with E-state index in [-0.39, 0.29) is 6.61 Å². The van der Waals surface area contributed by atoms with Crippen LogP contribution in [-0.2, 0) is 19.6 Å². The molecular formula is C24H26N2O. The molecule has 0 spiro atoms. The van der Waals surface area contributed by atoms with Gasteiger partial charge in [0.2, 0.25) is 0 Å². The molecule has 0 amide bonds. The summed E-state index contributed by atoms with van der Waals surface area (Å²) >= 11 is 0. The van der Waals surface area contributed by atoms with Gasteiger partial charge >= 0.3 is 0 Å². The van der Waals surface area contributed by atoms with Crippen molar-refractivity contribution in [3.05, 3.63) is 89.0 Å². The molecule has 0 atom stereocenters. The summed E-state index contributed by atoms with van der Waals surface area (Å²) in [5, 5.41) is 12.2. The summed E-state index contributed by atoms with van der Waals surface area (Å²) in [6.07, 6.45) is 0. The van der Waals surface area contributed by atoms with E-state index in [1.54, 1.807) is 0 Å². The largest absolute Gasteiger partial charge is 0.395 e. The molecule has 0 aromatic heterocycles. The van der Waals surface area contributed by atoms with Crippen LogP contribution >= 0.6 is 0 Å². The van der Waals surface area contributed by atoms with Gasteiger partial charge in [-0.3, -0.25) is 0 Å². The first-order chi connectivity index (χ1) is 13.3. The molecule has 3 heteroatoms. The van der Waals surface area contributed by atoms with Crippen LogP contribution in [0.15, 0.2) is 66.7 Å². The lowest BCUT2D eigenvalue weighted by Gasteiger charge is -2.22. The van der Waals surface area contributed by atoms with Gasteiger partial charge in [-0.05, 0) is 46.4 Å². The third-order valence-corrected chi connectivity index (χ3v) is 5.34. The molecule has 2 N–H and O–H groups in total. The molecule has 1 heterocycles. The molecule has 1 aliphatic rings. The Morgan fingerprint density at radius 1 is 0.926 bits per heavy atom. The van der Waals surface area contributed by atoms with Gasteiger partial charge < -0.3 is 15.3 Å². The standard InChI is InChI=1S/C24H26N2O/c1-18-23(20-6-3-2-4-7-20)8-5-9-24(18)26-16-21-11-10-19(14-22(21)17-26)15-25-12-13-27/h2-11,14,25,27H,12-13,15-17H2,1H3. The molecule has 138 valence electrons. The molecule has 0 saturated heterocycles. The van der Waals surface area contributed by atoms with E-state index < -0.39 is 0 Å². The molecule has 27 heavy (non-hydrogen) atoms. The minimum Gasteiger partial charge on any atom is -0.395 e. The van der Waals surface area contributed by atoms with Gasteiger partial charge in [-0.15, -0.1) is 0 Å². The lowest BCUT2D eigenvalue weighted by molar-refractivity contribution is 0.292. The van der Waals surface area contributed by atoms with Crippen molar-refractivity contribution in [1.29, 1.82) is 0 Å². The van der Waals surface area contributed by atoms with Crippen LogP contribution in [0.5, 0.6) is 0 Å². The van der Waals surface area contributed by atoms with Crippen LogP contribution < -0.4 is 10.2 Å². The van der Waals surface area contributed by atoms with Gasteiger partial charge in [-0.2, -0.15) is 0 Å². The Hall–Kier alpha value is -2.62. The van der Waals surface area contributed by atoms with Crippen molar-refractivity contribution in [2.24, 2.45) is 0 Å². The van der Waals surface area contributed by atoms with Gasteiger partial charge in [0.15, 0.2) is 0 Å². The van der Waals surface area contributed by atoms with E-state index in [1.165, 1.54) is 39.1 Å². The van der Waals surface area contributed by atoms with Crippen molar-refractivity contribution in [1.82, 2.24) is 5.32 Å². The molecule has 3 aromatic rings. The fourth-order valence-corrected chi connectivity index (χ4v) is 3.94. The zero-order valence-corrected chi connectivity index (χ0v) is 15.8. The molecular weight excluding hydrogens is 332 g/mol. The smallest absolute Gasteiger partial charge is 0.0556 e. The number of rotatable bonds is 6. The molecule has 0 bridgehead atoms. The van der Waals surface area contributed by atoms with Crippen LogP contribution in [0, 0.1) is 6.92 Å². The van der Waals surface area contributed by atoms with Crippen LogP contribution in [0.25, 0.3) is 11.1 Å². The van der Waals surface area contributed by atoms with E-state index in [9.17, 15) is 0 Å². The first-order valence-corrected chi connectivity index (χ1v) is 9.58. The molecule has 0 fully saturated rings. The summed E-state index contributed by atoms with van der Waals surface area (Å²) in [4.78, 5) is 2.47. The molecule has 1 aliphatic heterocycles. The number of nitrogens with one attached hydrogen (secondary N) is 1. The number of aliphatic hydroxyl groups is 1. The Labute approximate surface area is 161 Å². The zero-order valence-electron chi connectivity index (χ0n) is 15.8. The van der Waals surface area contributed by atoms with Crippen LogP contribution in [0.1, 0.15) is 22.3 Å². The van der Waals surface area contributed by atoms with E-state index in [1.807, 2.05) is 0 Å². The first-order valence-electron chi connectivity index (χ1n) is 9.58. The van der Waals surface area contributed by atoms with Gasteiger partial charge in [0.05, 0.1) is 6.61 Å². The van der Waals surface area contributed by atoms with E-state index in [0.717, 1.165) is 19.6 Å². The summed E-state index contributed by atoms with van der Waals surface area (Å²) in [5.74, 6) is 0. The Morgan fingerprint density at radius 3 is 2.56 bits per heavy atom. The van der Waals surface area contributed by atoms with Crippen molar-refractivity contribution in [3.63, 3.8) is 0 Å². The number of hydrogen-bond donors (Lipinski definition) is 2. The second-order valence-corrected chi connectivity index (χ2v) is 7.18. The van der Waals surface area contributed by atoms with Crippen LogP contribution in [-0.4, -0.2) is 18.3 Å². The fraction of sp³-hybridized carbons (Fsp3) is 0.250. The van der Waals surface area contributed by atoms with E-state index in [4.69, 9.17) is 5.11 Å². The lowest BCUT2D eigenvalue weighted by atomic mass is 9.99. The quantitative estimate of drug-likeness (QED) is 0.646. The maximum atomic E-state index is 8.92. The molecule has 3 nitrogen and oxygen atoms in total. The Kier molecular flexibility index (Phi) is 5.23. The predicted octanol–water partition coefficient (Wildman–Crippen LogP) is 4.26. The van der Waals surface area contributed by atoms with Gasteiger partial charge in [0, 0.05) is 31.9 Å². The van der Waals surface area contributed by atoms with Crippen LogP contribution in [0.2, 0.25) is 0 Å². The van der Waals surface area contributed by atoms with Crippen molar-refractivity contribution >= 4 is 5.69 Å². The summed E-state index contributed by atoms with van der Waals surface area (Å²) in [5.41, 5.74) is 9.31. The summed E-state index contributed by atoms with van der Waals surface area (Å²) in [7, 11) is 0. The summed E-state index contributed by atoms with van der Waals surface area (Å²) in [6, 6.07) is 24.0. The van der Waals surface area contributed by atoms with Gasteiger partial charge in [-0.25, -0.2) is 0 Å². The number of hydrogen-bond acceptors (Lipinski definition) is 3. The number of nitrogens with zero attached hydrogens (tertiary/aromatic N) is 1. The van der Waals surface area contributed by atoms with Gasteiger partial charge in [0.25, 0.3) is 0 Å². The first kappa shape index (κ1) is 17.8. The molecule has 0 saturated carbocycles. The van der Waals surface area contributed by atoms with Gasteiger partial charge in [-0.1, -0.05) is 60.7 Å². The third-order valence-electron chi connectivity index (χ3n) is 5.34. The monoisotopic (exact) mass is 358 g/mol. The highest BCUT2D eigenvalue weighted by atomic mass is 16.3. The highest BCUT2D eigenvalue weighted by molar-refractivity contribution is 5.74. The van der Waals surface area contributed by atoms with Crippen molar-refractivity contribution < 1.29 is 5.11 Å². The topological polar surface area (TPSA) is 35.5 Å². The highest BCUT2D eigenvalue weighted by Crippen LogP contribution is 2.35. The average Bonchev–Trinajstić information content (AvgIpc) is 3.12. The number of anilines is 1. The van der Waals surface area contributed by atoms with Crippen LogP contribution in [0.3, 0.4) is 0 Å². The van der Waals surface area contributed by atoms with Crippen molar-refractivity contribution in [2.45, 2.75) is 26.6 Å². The Balaban J connectivity index is 1.56. The zero-order chi connectivity index (χ0) is 18.6. The molecule has 0 radical (unpaired) electrons. The molecule has 0 unspecified atom stereocenters. The second kappa shape index (κ2) is 7.95. The molecule has 3 aromatic carbocycles. The predicted molar refractivity (Wildman–Crippen MR) is 112 cm³/mol. The van der Waals surface area contributed by atoms with E-state index in [0.29, 0.717) is 6.54 Å². The van der Waals surface area contributed by atoms with Gasteiger partial charge in [0.1, 0.15) is 0 Å². The second-order valence-electron chi connectivity index (χ2n) is 7.18. The Morgan fingerprint density at radius 2 is 1.74 bits per heavy atom. The minimum absolute atomic E-state index is 0.176. The normalized spacial score (nSPS) is 13.0. The van der Waals surface area contributed by atoms with E-state index >= 15 is 0 Å².